The van der Waals surface area contributed by atoms with E-state index in [1.54, 1.807) is 0 Å². The lowest BCUT2D eigenvalue weighted by Gasteiger charge is -2.10. The maximum Gasteiger partial charge on any atom is 0.239 e. The van der Waals surface area contributed by atoms with Gasteiger partial charge in [0.25, 0.3) is 0 Å². The van der Waals surface area contributed by atoms with E-state index >= 15 is 0 Å². The molecule has 4 nitrogen and oxygen atoms in total. The molecular weight excluding hydrogens is 356 g/mol. The number of fused-ring (bicyclic) bond motifs is 2. The van der Waals surface area contributed by atoms with Crippen molar-refractivity contribution in [1.82, 2.24) is 4.98 Å². The van der Waals surface area contributed by atoms with Crippen molar-refractivity contribution >= 4 is 39.1 Å². The number of hydrogen-bond acceptors (Lipinski definition) is 3. The minimum absolute atomic E-state index is 0.766. The average Bonchev–Trinajstić information content (AvgIpc) is 2.75. The monoisotopic (exact) mass is 377 g/mol. The molecule has 4 heteroatoms. The molecular formula is C25H21N4+. The van der Waals surface area contributed by atoms with E-state index in [1.807, 2.05) is 49.4 Å². The standard InChI is InChI=1S/C25H20N4/c1-17-14-23-25(16-21(17)26)29(20-10-6-3-7-11-20)24-15-19(12-13-22(24)28-23)27-18-8-4-2-5-9-18/h2-16H,1H3,(H2,26,27)/p+1. The first kappa shape index (κ1) is 17.2. The van der Waals surface area contributed by atoms with E-state index < -0.39 is 0 Å². The third-order valence-corrected chi connectivity index (χ3v) is 5.14. The molecule has 1 heterocycles. The molecule has 4 aromatic carbocycles. The van der Waals surface area contributed by atoms with Crippen LogP contribution in [-0.4, -0.2) is 4.98 Å². The molecule has 0 bridgehead atoms. The van der Waals surface area contributed by atoms with Gasteiger partial charge in [-0.25, -0.2) is 4.98 Å². The highest BCUT2D eigenvalue weighted by atomic mass is 15.0. The quantitative estimate of drug-likeness (QED) is 0.255. The number of nitrogens with two attached hydrogens (primary N) is 1. The lowest BCUT2D eigenvalue weighted by molar-refractivity contribution is -0.538. The number of nitrogens with one attached hydrogen (secondary N) is 1. The fourth-order valence-electron chi connectivity index (χ4n) is 3.64. The number of aryl methyl sites for hydroxylation is 1. The van der Waals surface area contributed by atoms with Crippen LogP contribution in [0.3, 0.4) is 0 Å². The highest BCUT2D eigenvalue weighted by Crippen LogP contribution is 2.25. The highest BCUT2D eigenvalue weighted by Gasteiger charge is 2.20. The lowest BCUT2D eigenvalue weighted by atomic mass is 10.1. The second-order valence-electron chi connectivity index (χ2n) is 7.17. The molecule has 0 saturated heterocycles. The zero-order valence-electron chi connectivity index (χ0n) is 16.1. The van der Waals surface area contributed by atoms with Crippen molar-refractivity contribution in [3.05, 3.63) is 96.6 Å². The van der Waals surface area contributed by atoms with Crippen LogP contribution in [0.2, 0.25) is 0 Å². The summed E-state index contributed by atoms with van der Waals surface area (Å²) in [5, 5.41) is 3.48. The molecule has 0 spiro atoms. The van der Waals surface area contributed by atoms with Crippen LogP contribution in [0.25, 0.3) is 27.8 Å². The van der Waals surface area contributed by atoms with Crippen LogP contribution in [0.15, 0.2) is 91.0 Å². The summed E-state index contributed by atoms with van der Waals surface area (Å²) in [6.07, 6.45) is 0. The van der Waals surface area contributed by atoms with E-state index in [2.05, 4.69) is 58.4 Å². The van der Waals surface area contributed by atoms with Gasteiger partial charge >= 0.3 is 0 Å². The van der Waals surface area contributed by atoms with Gasteiger partial charge in [-0.05, 0) is 42.8 Å². The van der Waals surface area contributed by atoms with Crippen LogP contribution in [0.4, 0.5) is 17.1 Å². The van der Waals surface area contributed by atoms with E-state index in [0.29, 0.717) is 0 Å². The molecule has 0 fully saturated rings. The predicted octanol–water partition coefficient (Wildman–Crippen LogP) is 5.30. The number of nitrogens with zero attached hydrogens (tertiary/aromatic N) is 2. The molecule has 0 saturated carbocycles. The van der Waals surface area contributed by atoms with Gasteiger partial charge in [-0.3, -0.25) is 0 Å². The highest BCUT2D eigenvalue weighted by molar-refractivity contribution is 5.87. The minimum Gasteiger partial charge on any atom is -0.398 e. The Bertz CT molecular complexity index is 1330. The second-order valence-corrected chi connectivity index (χ2v) is 7.17. The minimum atomic E-state index is 0.766. The first-order valence-electron chi connectivity index (χ1n) is 9.62. The van der Waals surface area contributed by atoms with Crippen LogP contribution in [-0.2, 0) is 0 Å². The zero-order valence-corrected chi connectivity index (χ0v) is 16.1. The van der Waals surface area contributed by atoms with Crippen LogP contribution in [0, 0.1) is 6.92 Å². The van der Waals surface area contributed by atoms with Gasteiger partial charge in [0.15, 0.2) is 0 Å². The first-order chi connectivity index (χ1) is 14.2. The van der Waals surface area contributed by atoms with Gasteiger partial charge in [-0.1, -0.05) is 36.4 Å². The van der Waals surface area contributed by atoms with Crippen molar-refractivity contribution in [3.63, 3.8) is 0 Å². The number of hydrogen-bond donors (Lipinski definition) is 2. The van der Waals surface area contributed by atoms with Gasteiger partial charge in [0, 0.05) is 41.3 Å². The van der Waals surface area contributed by atoms with Gasteiger partial charge in [0.1, 0.15) is 11.0 Å². The number of anilines is 3. The van der Waals surface area contributed by atoms with Crippen molar-refractivity contribution in [2.45, 2.75) is 6.92 Å². The Balaban J connectivity index is 1.80. The average molecular weight is 377 g/mol. The van der Waals surface area contributed by atoms with E-state index in [-0.39, 0.29) is 0 Å². The molecule has 0 radical (unpaired) electrons. The van der Waals surface area contributed by atoms with Crippen LogP contribution in [0.1, 0.15) is 5.56 Å². The Hall–Kier alpha value is -3.92. The fraction of sp³-hybridized carbons (Fsp3) is 0.0400. The Morgan fingerprint density at radius 2 is 1.41 bits per heavy atom. The van der Waals surface area contributed by atoms with E-state index in [9.17, 15) is 0 Å². The summed E-state index contributed by atoms with van der Waals surface area (Å²) >= 11 is 0. The van der Waals surface area contributed by atoms with Crippen molar-refractivity contribution in [2.75, 3.05) is 11.1 Å². The first-order valence-corrected chi connectivity index (χ1v) is 9.62. The van der Waals surface area contributed by atoms with E-state index in [4.69, 9.17) is 10.7 Å². The lowest BCUT2D eigenvalue weighted by Crippen LogP contribution is -2.33. The third kappa shape index (κ3) is 3.15. The second kappa shape index (κ2) is 6.91. The third-order valence-electron chi connectivity index (χ3n) is 5.14. The molecule has 29 heavy (non-hydrogen) atoms. The normalized spacial score (nSPS) is 11.1. The SMILES string of the molecule is Cc1cc2nc3ccc(Nc4ccccc4)cc3[n+](-c3ccccc3)c2cc1N. The Morgan fingerprint density at radius 1 is 0.724 bits per heavy atom. The summed E-state index contributed by atoms with van der Waals surface area (Å²) in [6.45, 7) is 2.01. The molecule has 1 aromatic heterocycles. The van der Waals surface area contributed by atoms with E-state index in [1.165, 1.54) is 0 Å². The van der Waals surface area contributed by atoms with E-state index in [0.717, 1.165) is 50.4 Å². The fourth-order valence-corrected chi connectivity index (χ4v) is 3.64. The molecule has 3 N–H and O–H groups in total. The van der Waals surface area contributed by atoms with Gasteiger partial charge in [0.2, 0.25) is 16.7 Å². The van der Waals surface area contributed by atoms with Crippen LogP contribution in [0.5, 0.6) is 0 Å². The summed E-state index contributed by atoms with van der Waals surface area (Å²) < 4.78 is 2.23. The molecule has 5 rings (SSSR count). The Labute approximate surface area is 169 Å². The molecule has 0 atom stereocenters. The van der Waals surface area contributed by atoms with Crippen molar-refractivity contribution < 1.29 is 4.57 Å². The van der Waals surface area contributed by atoms with Crippen LogP contribution < -0.4 is 15.6 Å². The smallest absolute Gasteiger partial charge is 0.239 e. The predicted molar refractivity (Wildman–Crippen MR) is 120 cm³/mol. The number of rotatable bonds is 3. The maximum absolute atomic E-state index is 6.26. The maximum atomic E-state index is 6.26. The van der Waals surface area contributed by atoms with Gasteiger partial charge in [0.05, 0.1) is 0 Å². The van der Waals surface area contributed by atoms with Gasteiger partial charge in [-0.15, -0.1) is 4.57 Å². The Kier molecular flexibility index (Phi) is 4.10. The molecule has 0 aliphatic carbocycles. The molecule has 0 aliphatic rings. The summed E-state index contributed by atoms with van der Waals surface area (Å²) in [7, 11) is 0. The zero-order chi connectivity index (χ0) is 19.8. The number of aromatic nitrogens is 2. The number of para-hydroxylation sites is 2. The summed E-state index contributed by atoms with van der Waals surface area (Å²) in [4.78, 5) is 4.91. The van der Waals surface area contributed by atoms with Crippen LogP contribution >= 0.6 is 0 Å². The van der Waals surface area contributed by atoms with Gasteiger partial charge < -0.3 is 11.1 Å². The topological polar surface area (TPSA) is 54.8 Å². The molecule has 0 amide bonds. The van der Waals surface area contributed by atoms with Crippen molar-refractivity contribution in [2.24, 2.45) is 0 Å². The summed E-state index contributed by atoms with van der Waals surface area (Å²) in [6, 6.07) is 30.8. The molecule has 0 unspecified atom stereocenters. The molecule has 0 aliphatic heterocycles. The number of benzene rings is 4. The van der Waals surface area contributed by atoms with Crippen molar-refractivity contribution in [3.8, 4) is 5.69 Å². The number of nitrogen functional groups attached to an aromatic ring is 1. The summed E-state index contributed by atoms with van der Waals surface area (Å²) in [5.74, 6) is 0. The largest absolute Gasteiger partial charge is 0.398 e. The van der Waals surface area contributed by atoms with Crippen molar-refractivity contribution in [1.29, 1.82) is 0 Å². The van der Waals surface area contributed by atoms with Gasteiger partial charge in [-0.2, -0.15) is 0 Å². The molecule has 5 aromatic rings. The Morgan fingerprint density at radius 3 is 2.17 bits per heavy atom. The summed E-state index contributed by atoms with van der Waals surface area (Å²) in [5.41, 5.74) is 15.1. The molecule has 140 valence electrons.